The van der Waals surface area contributed by atoms with E-state index in [1.54, 1.807) is 23.1 Å². The maximum atomic E-state index is 12.9. The number of hydrogen-bond donors (Lipinski definition) is 0. The van der Waals surface area contributed by atoms with Gasteiger partial charge in [0.25, 0.3) is 5.91 Å². The Hall–Kier alpha value is -1.34. The van der Waals surface area contributed by atoms with Crippen LogP contribution >= 0.6 is 23.2 Å². The van der Waals surface area contributed by atoms with Crippen molar-refractivity contribution in [1.29, 1.82) is 0 Å². The average Bonchev–Trinajstić information content (AvgIpc) is 2.71. The van der Waals surface area contributed by atoms with E-state index in [2.05, 4.69) is 16.7 Å². The van der Waals surface area contributed by atoms with Crippen LogP contribution in [-0.2, 0) is 4.79 Å². The molecule has 0 aromatic heterocycles. The fraction of sp³-hybridized carbons (Fsp3) is 0.600. The second-order valence-corrected chi connectivity index (χ2v) is 8.29. The molecule has 0 radical (unpaired) electrons. The van der Waals surface area contributed by atoms with Gasteiger partial charge in [-0.25, -0.2) is 0 Å². The van der Waals surface area contributed by atoms with Gasteiger partial charge in [0.1, 0.15) is 0 Å². The molecule has 1 aromatic carbocycles. The van der Waals surface area contributed by atoms with Crippen molar-refractivity contribution in [2.24, 2.45) is 0 Å². The summed E-state index contributed by atoms with van der Waals surface area (Å²) in [6.45, 7) is 11.2. The van der Waals surface area contributed by atoms with Gasteiger partial charge in [-0.15, -0.1) is 0 Å². The first-order chi connectivity index (χ1) is 13.4. The van der Waals surface area contributed by atoms with Crippen molar-refractivity contribution in [2.45, 2.75) is 19.9 Å². The molecule has 154 valence electrons. The molecule has 6 nitrogen and oxygen atoms in total. The van der Waals surface area contributed by atoms with Gasteiger partial charge in [-0.1, -0.05) is 30.1 Å². The number of likely N-dealkylation sites (N-methyl/N-ethyl adjacent to an activating group) is 1. The predicted molar refractivity (Wildman–Crippen MR) is 112 cm³/mol. The predicted octanol–water partition coefficient (Wildman–Crippen LogP) is 2.30. The van der Waals surface area contributed by atoms with Crippen molar-refractivity contribution >= 4 is 35.0 Å². The molecule has 28 heavy (non-hydrogen) atoms. The fourth-order valence-corrected chi connectivity index (χ4v) is 4.40. The highest BCUT2D eigenvalue weighted by Crippen LogP contribution is 2.21. The van der Waals surface area contributed by atoms with Gasteiger partial charge in [-0.3, -0.25) is 14.5 Å². The summed E-state index contributed by atoms with van der Waals surface area (Å²) < 4.78 is 0. The summed E-state index contributed by atoms with van der Waals surface area (Å²) in [5.41, 5.74) is 0.504. The first-order valence-electron chi connectivity index (χ1n) is 9.89. The van der Waals surface area contributed by atoms with E-state index in [1.165, 1.54) is 0 Å². The molecular formula is C20H28Cl2N4O2. The number of hydrogen-bond acceptors (Lipinski definition) is 4. The molecule has 0 N–H and O–H groups in total. The third-order valence-electron chi connectivity index (χ3n) is 5.75. The largest absolute Gasteiger partial charge is 0.339 e. The second-order valence-electron chi connectivity index (χ2n) is 7.42. The zero-order valence-electron chi connectivity index (χ0n) is 16.5. The van der Waals surface area contributed by atoms with Gasteiger partial charge in [0.2, 0.25) is 5.91 Å². The van der Waals surface area contributed by atoms with Gasteiger partial charge < -0.3 is 14.7 Å². The fourth-order valence-electron chi connectivity index (χ4n) is 3.88. The summed E-state index contributed by atoms with van der Waals surface area (Å²) in [7, 11) is 0. The molecule has 1 aromatic rings. The van der Waals surface area contributed by atoms with E-state index < -0.39 is 0 Å². The van der Waals surface area contributed by atoms with Crippen molar-refractivity contribution < 1.29 is 9.59 Å². The van der Waals surface area contributed by atoms with Crippen LogP contribution in [0.1, 0.15) is 24.2 Å². The Morgan fingerprint density at radius 3 is 1.96 bits per heavy atom. The van der Waals surface area contributed by atoms with Crippen LogP contribution in [-0.4, -0.2) is 96.4 Å². The highest BCUT2D eigenvalue weighted by atomic mass is 35.5. The van der Waals surface area contributed by atoms with Gasteiger partial charge in [0, 0.05) is 68.0 Å². The van der Waals surface area contributed by atoms with E-state index in [0.717, 1.165) is 32.7 Å². The third-order valence-corrected chi connectivity index (χ3v) is 6.18. The molecule has 2 aliphatic heterocycles. The molecule has 0 aliphatic carbocycles. The highest BCUT2D eigenvalue weighted by Gasteiger charge is 2.31. The van der Waals surface area contributed by atoms with Gasteiger partial charge >= 0.3 is 0 Å². The van der Waals surface area contributed by atoms with Crippen LogP contribution in [0, 0.1) is 0 Å². The Kier molecular flexibility index (Phi) is 7.20. The van der Waals surface area contributed by atoms with Crippen molar-refractivity contribution in [3.8, 4) is 0 Å². The first-order valence-corrected chi connectivity index (χ1v) is 10.6. The summed E-state index contributed by atoms with van der Waals surface area (Å²) in [6.07, 6.45) is 0. The van der Waals surface area contributed by atoms with E-state index in [4.69, 9.17) is 23.2 Å². The van der Waals surface area contributed by atoms with E-state index in [1.807, 2.05) is 11.8 Å². The molecule has 2 amide bonds. The molecule has 2 saturated heterocycles. The number of benzene rings is 1. The van der Waals surface area contributed by atoms with E-state index >= 15 is 0 Å². The maximum absolute atomic E-state index is 12.9. The number of rotatable bonds is 4. The van der Waals surface area contributed by atoms with Crippen LogP contribution in [0.25, 0.3) is 0 Å². The lowest BCUT2D eigenvalue weighted by Gasteiger charge is -2.41. The Morgan fingerprint density at radius 1 is 0.893 bits per heavy atom. The molecule has 2 aliphatic rings. The van der Waals surface area contributed by atoms with Crippen LogP contribution in [0.5, 0.6) is 0 Å². The van der Waals surface area contributed by atoms with Crippen molar-refractivity contribution in [3.63, 3.8) is 0 Å². The smallest absolute Gasteiger partial charge is 0.254 e. The Balaban J connectivity index is 1.53. The molecule has 1 unspecified atom stereocenters. The Bertz CT molecular complexity index is 694. The number of carbonyl (C=O) groups excluding carboxylic acids is 2. The number of carbonyl (C=O) groups is 2. The summed E-state index contributed by atoms with van der Waals surface area (Å²) in [5, 5.41) is 0.911. The maximum Gasteiger partial charge on any atom is 0.254 e. The van der Waals surface area contributed by atoms with Crippen LogP contribution in [0.15, 0.2) is 18.2 Å². The van der Waals surface area contributed by atoms with Crippen LogP contribution < -0.4 is 0 Å². The lowest BCUT2D eigenvalue weighted by atomic mass is 10.1. The summed E-state index contributed by atoms with van der Waals surface area (Å²) in [4.78, 5) is 33.9. The first kappa shape index (κ1) is 21.4. The van der Waals surface area contributed by atoms with Crippen LogP contribution in [0.3, 0.4) is 0 Å². The molecule has 2 fully saturated rings. The summed E-state index contributed by atoms with van der Waals surface area (Å²) in [6, 6.07) is 4.74. The third kappa shape index (κ3) is 4.98. The lowest BCUT2D eigenvalue weighted by Crippen LogP contribution is -2.58. The van der Waals surface area contributed by atoms with E-state index in [9.17, 15) is 9.59 Å². The zero-order valence-corrected chi connectivity index (χ0v) is 18.0. The van der Waals surface area contributed by atoms with Crippen molar-refractivity contribution in [2.75, 3.05) is 58.9 Å². The minimum atomic E-state index is -0.161. The van der Waals surface area contributed by atoms with E-state index in [0.29, 0.717) is 41.8 Å². The Morgan fingerprint density at radius 2 is 1.43 bits per heavy atom. The average molecular weight is 427 g/mol. The molecule has 3 rings (SSSR count). The molecule has 0 bridgehead atoms. The van der Waals surface area contributed by atoms with Crippen LogP contribution in [0.2, 0.25) is 10.0 Å². The SMILES string of the molecule is CCN1CCN(C(=O)C(C)N2CCN(C(=O)c3cc(Cl)cc(Cl)c3)CC2)CC1. The van der Waals surface area contributed by atoms with Gasteiger partial charge in [0.05, 0.1) is 6.04 Å². The summed E-state index contributed by atoms with van der Waals surface area (Å²) in [5.74, 6) is 0.121. The Labute approximate surface area is 176 Å². The molecule has 8 heteroatoms. The van der Waals surface area contributed by atoms with Crippen molar-refractivity contribution in [3.05, 3.63) is 33.8 Å². The molecule has 1 atom stereocenters. The number of halogens is 2. The standard InChI is InChI=1S/C20H28Cl2N4O2/c1-3-23-4-6-25(7-5-23)19(27)15(2)24-8-10-26(11-9-24)20(28)16-12-17(21)14-18(22)13-16/h12-15H,3-11H2,1-2H3. The quantitative estimate of drug-likeness (QED) is 0.740. The molecule has 2 heterocycles. The molecular weight excluding hydrogens is 399 g/mol. The van der Waals surface area contributed by atoms with Gasteiger partial charge in [-0.2, -0.15) is 0 Å². The number of nitrogens with zero attached hydrogens (tertiary/aromatic N) is 4. The molecule has 0 spiro atoms. The normalized spacial score (nSPS) is 20.3. The van der Waals surface area contributed by atoms with Gasteiger partial charge in [0.15, 0.2) is 0 Å². The van der Waals surface area contributed by atoms with Crippen molar-refractivity contribution in [1.82, 2.24) is 19.6 Å². The lowest BCUT2D eigenvalue weighted by molar-refractivity contribution is -0.138. The minimum Gasteiger partial charge on any atom is -0.339 e. The minimum absolute atomic E-state index is 0.0706. The topological polar surface area (TPSA) is 47.1 Å². The number of piperazine rings is 2. The summed E-state index contributed by atoms with van der Waals surface area (Å²) >= 11 is 12.0. The second kappa shape index (κ2) is 9.44. The van der Waals surface area contributed by atoms with Crippen LogP contribution in [0.4, 0.5) is 0 Å². The zero-order chi connectivity index (χ0) is 20.3. The highest BCUT2D eigenvalue weighted by molar-refractivity contribution is 6.35. The number of amides is 2. The molecule has 0 saturated carbocycles. The van der Waals surface area contributed by atoms with E-state index in [-0.39, 0.29) is 17.9 Å². The monoisotopic (exact) mass is 426 g/mol. The van der Waals surface area contributed by atoms with Gasteiger partial charge in [-0.05, 0) is 31.7 Å².